The number of benzene rings is 1. The van der Waals surface area contributed by atoms with E-state index in [0.29, 0.717) is 25.0 Å². The summed E-state index contributed by atoms with van der Waals surface area (Å²) in [4.78, 5) is 9.25. The Morgan fingerprint density at radius 1 is 1.08 bits per heavy atom. The Morgan fingerprint density at radius 3 is 2.60 bits per heavy atom. The molecule has 0 radical (unpaired) electrons. The second-order valence-electron chi connectivity index (χ2n) is 6.29. The van der Waals surface area contributed by atoms with Crippen molar-refractivity contribution in [1.82, 2.24) is 20.2 Å². The van der Waals surface area contributed by atoms with Crippen LogP contribution < -0.4 is 16.4 Å². The summed E-state index contributed by atoms with van der Waals surface area (Å²) in [6.07, 6.45) is 0.872. The standard InChI is InChI=1S/C18H25N7/c1-12(2)14-15-16(25-24-14)17(21-11-13-7-4-3-5-8-13)23-18(22-15)20-10-6-9-19/h3-5,7-8,12H,6,9-11,19H2,1-2H3,(H,24,25)(H2,20,21,22,23). The second kappa shape index (κ2) is 7.94. The van der Waals surface area contributed by atoms with Crippen LogP contribution in [0, 0.1) is 0 Å². The molecule has 0 fully saturated rings. The maximum atomic E-state index is 5.56. The van der Waals surface area contributed by atoms with Gasteiger partial charge in [-0.25, -0.2) is 4.98 Å². The molecule has 3 aromatic rings. The van der Waals surface area contributed by atoms with Crippen LogP contribution in [0.3, 0.4) is 0 Å². The summed E-state index contributed by atoms with van der Waals surface area (Å²) in [5.74, 6) is 1.63. The Balaban J connectivity index is 1.91. The number of anilines is 2. The van der Waals surface area contributed by atoms with Crippen LogP contribution >= 0.6 is 0 Å². The average molecular weight is 339 g/mol. The molecule has 7 heteroatoms. The highest BCUT2D eigenvalue weighted by molar-refractivity contribution is 5.88. The molecule has 132 valence electrons. The first-order valence-electron chi connectivity index (χ1n) is 8.66. The monoisotopic (exact) mass is 339 g/mol. The molecule has 5 N–H and O–H groups in total. The van der Waals surface area contributed by atoms with Crippen molar-refractivity contribution < 1.29 is 0 Å². The quantitative estimate of drug-likeness (QED) is 0.470. The lowest BCUT2D eigenvalue weighted by Crippen LogP contribution is -2.12. The van der Waals surface area contributed by atoms with Crippen molar-refractivity contribution in [3.63, 3.8) is 0 Å². The number of aromatic amines is 1. The van der Waals surface area contributed by atoms with Crippen molar-refractivity contribution in [3.8, 4) is 0 Å². The highest BCUT2D eigenvalue weighted by atomic mass is 15.2. The first-order chi connectivity index (χ1) is 12.2. The van der Waals surface area contributed by atoms with E-state index < -0.39 is 0 Å². The van der Waals surface area contributed by atoms with Crippen molar-refractivity contribution in [3.05, 3.63) is 41.6 Å². The van der Waals surface area contributed by atoms with Gasteiger partial charge in [-0.15, -0.1) is 0 Å². The summed E-state index contributed by atoms with van der Waals surface area (Å²) in [5.41, 5.74) is 9.39. The largest absolute Gasteiger partial charge is 0.364 e. The van der Waals surface area contributed by atoms with Crippen molar-refractivity contribution >= 4 is 22.8 Å². The van der Waals surface area contributed by atoms with Gasteiger partial charge in [-0.2, -0.15) is 10.1 Å². The minimum atomic E-state index is 0.304. The Morgan fingerprint density at radius 2 is 1.88 bits per heavy atom. The van der Waals surface area contributed by atoms with Gasteiger partial charge in [-0.05, 0) is 24.4 Å². The third-order valence-electron chi connectivity index (χ3n) is 3.97. The van der Waals surface area contributed by atoms with Gasteiger partial charge in [0.15, 0.2) is 11.3 Å². The van der Waals surface area contributed by atoms with Crippen molar-refractivity contribution in [1.29, 1.82) is 0 Å². The number of hydrogen-bond acceptors (Lipinski definition) is 6. The summed E-state index contributed by atoms with van der Waals surface area (Å²) in [6, 6.07) is 10.2. The van der Waals surface area contributed by atoms with Gasteiger partial charge in [0, 0.05) is 13.1 Å². The number of aromatic nitrogens is 4. The average Bonchev–Trinajstić information content (AvgIpc) is 3.05. The summed E-state index contributed by atoms with van der Waals surface area (Å²) in [5, 5.41) is 14.2. The zero-order chi connectivity index (χ0) is 17.6. The normalized spacial score (nSPS) is 11.2. The number of hydrogen-bond donors (Lipinski definition) is 4. The van der Waals surface area contributed by atoms with E-state index in [1.54, 1.807) is 0 Å². The van der Waals surface area contributed by atoms with Gasteiger partial charge >= 0.3 is 0 Å². The fourth-order valence-electron chi connectivity index (χ4n) is 2.61. The lowest BCUT2D eigenvalue weighted by Gasteiger charge is -2.10. The van der Waals surface area contributed by atoms with E-state index in [9.17, 15) is 0 Å². The lowest BCUT2D eigenvalue weighted by molar-refractivity contribution is 0.815. The molecule has 0 atom stereocenters. The maximum Gasteiger partial charge on any atom is 0.225 e. The number of H-pyrrole nitrogens is 1. The molecule has 0 aliphatic rings. The predicted octanol–water partition coefficient (Wildman–Crippen LogP) is 2.85. The molecule has 25 heavy (non-hydrogen) atoms. The van der Waals surface area contributed by atoms with E-state index in [1.807, 2.05) is 18.2 Å². The topological polar surface area (TPSA) is 105 Å². The van der Waals surface area contributed by atoms with Crippen LogP contribution in [0.1, 0.15) is 37.4 Å². The molecule has 0 saturated heterocycles. The molecule has 7 nitrogen and oxygen atoms in total. The summed E-state index contributed by atoms with van der Waals surface area (Å²) in [7, 11) is 0. The minimum Gasteiger partial charge on any atom is -0.364 e. The molecule has 0 aliphatic carbocycles. The summed E-state index contributed by atoms with van der Waals surface area (Å²) >= 11 is 0. The lowest BCUT2D eigenvalue weighted by atomic mass is 10.1. The first-order valence-corrected chi connectivity index (χ1v) is 8.66. The van der Waals surface area contributed by atoms with Crippen LogP contribution in [0.4, 0.5) is 11.8 Å². The Kier molecular flexibility index (Phi) is 5.45. The third kappa shape index (κ3) is 4.06. The van der Waals surface area contributed by atoms with Gasteiger partial charge in [0.25, 0.3) is 0 Å². The molecule has 0 bridgehead atoms. The van der Waals surface area contributed by atoms with E-state index in [2.05, 4.69) is 56.8 Å². The Hall–Kier alpha value is -2.67. The van der Waals surface area contributed by atoms with Gasteiger partial charge < -0.3 is 16.4 Å². The second-order valence-corrected chi connectivity index (χ2v) is 6.29. The Bertz CT molecular complexity index is 811. The van der Waals surface area contributed by atoms with Gasteiger partial charge in [0.05, 0.1) is 5.69 Å². The number of fused-ring (bicyclic) bond motifs is 1. The van der Waals surface area contributed by atoms with Gasteiger partial charge in [0.2, 0.25) is 5.95 Å². The van der Waals surface area contributed by atoms with Crippen molar-refractivity contribution in [2.24, 2.45) is 5.73 Å². The van der Waals surface area contributed by atoms with Gasteiger partial charge in [0.1, 0.15) is 5.52 Å². The predicted molar refractivity (Wildman–Crippen MR) is 102 cm³/mol. The van der Waals surface area contributed by atoms with E-state index in [1.165, 1.54) is 5.56 Å². The van der Waals surface area contributed by atoms with Crippen molar-refractivity contribution in [2.45, 2.75) is 32.7 Å². The van der Waals surface area contributed by atoms with Crippen LogP contribution in [0.5, 0.6) is 0 Å². The molecule has 0 spiro atoms. The number of nitrogens with one attached hydrogen (secondary N) is 3. The molecule has 2 aromatic heterocycles. The summed E-state index contributed by atoms with van der Waals surface area (Å²) < 4.78 is 0. The highest BCUT2D eigenvalue weighted by Gasteiger charge is 2.16. The molecule has 1 aromatic carbocycles. The van der Waals surface area contributed by atoms with Crippen LogP contribution in [0.25, 0.3) is 11.0 Å². The molecule has 0 unspecified atom stereocenters. The highest BCUT2D eigenvalue weighted by Crippen LogP contribution is 2.27. The first kappa shape index (κ1) is 17.2. The van der Waals surface area contributed by atoms with Crippen LogP contribution in [-0.4, -0.2) is 33.3 Å². The molecular formula is C18H25N7. The summed E-state index contributed by atoms with van der Waals surface area (Å²) in [6.45, 7) is 6.30. The van der Waals surface area contributed by atoms with Gasteiger partial charge in [-0.1, -0.05) is 44.2 Å². The Labute approximate surface area is 147 Å². The molecule has 0 amide bonds. The van der Waals surface area contributed by atoms with E-state index in [4.69, 9.17) is 5.73 Å². The zero-order valence-corrected chi connectivity index (χ0v) is 14.7. The molecule has 3 rings (SSSR count). The molecule has 2 heterocycles. The van der Waals surface area contributed by atoms with Crippen LogP contribution in [0.15, 0.2) is 30.3 Å². The molecule has 0 saturated carbocycles. The molecular weight excluding hydrogens is 314 g/mol. The smallest absolute Gasteiger partial charge is 0.225 e. The van der Waals surface area contributed by atoms with Crippen molar-refractivity contribution in [2.75, 3.05) is 23.7 Å². The fourth-order valence-corrected chi connectivity index (χ4v) is 2.61. The fraction of sp³-hybridized carbons (Fsp3) is 0.389. The number of rotatable bonds is 8. The molecule has 0 aliphatic heterocycles. The number of nitrogens with zero attached hydrogens (tertiary/aromatic N) is 3. The van der Waals surface area contributed by atoms with E-state index in [0.717, 1.165) is 35.5 Å². The third-order valence-corrected chi connectivity index (χ3v) is 3.97. The number of nitrogens with two attached hydrogens (primary N) is 1. The van der Waals surface area contributed by atoms with Gasteiger partial charge in [-0.3, -0.25) is 5.10 Å². The SMILES string of the molecule is CC(C)c1[nH]nc2c(NCc3ccccc3)nc(NCCCN)nc12. The maximum absolute atomic E-state index is 5.56. The van der Waals surface area contributed by atoms with Crippen LogP contribution in [0.2, 0.25) is 0 Å². The van der Waals surface area contributed by atoms with E-state index in [-0.39, 0.29) is 0 Å². The van der Waals surface area contributed by atoms with E-state index >= 15 is 0 Å². The zero-order valence-electron chi connectivity index (χ0n) is 14.7. The van der Waals surface area contributed by atoms with Crippen LogP contribution in [-0.2, 0) is 6.54 Å². The minimum absolute atomic E-state index is 0.304.